The van der Waals surface area contributed by atoms with Crippen LogP contribution in [0.15, 0.2) is 53.7 Å². The first-order valence-corrected chi connectivity index (χ1v) is 12.8. The van der Waals surface area contributed by atoms with Crippen molar-refractivity contribution in [2.24, 2.45) is 11.8 Å². The van der Waals surface area contributed by atoms with Gasteiger partial charge in [0.05, 0.1) is 12.4 Å². The van der Waals surface area contributed by atoms with Gasteiger partial charge in [-0.1, -0.05) is 35.5 Å². The van der Waals surface area contributed by atoms with Crippen molar-refractivity contribution >= 4 is 17.7 Å². The highest BCUT2D eigenvalue weighted by atomic mass is 32.2. The van der Waals surface area contributed by atoms with Crippen molar-refractivity contribution < 1.29 is 9.53 Å². The third kappa shape index (κ3) is 5.24. The van der Waals surface area contributed by atoms with E-state index in [1.165, 1.54) is 37.4 Å². The van der Waals surface area contributed by atoms with Crippen LogP contribution >= 0.6 is 11.8 Å². The maximum absolute atomic E-state index is 12.8. The predicted octanol–water partition coefficient (Wildman–Crippen LogP) is 5.04. The number of hydrogen-bond acceptors (Lipinski definition) is 5. The molecular weight excluding hydrogens is 432 g/mol. The third-order valence-corrected chi connectivity index (χ3v) is 7.16. The molecule has 1 amide bonds. The molecule has 1 aromatic heterocycles. The van der Waals surface area contributed by atoms with E-state index in [1.54, 1.807) is 0 Å². The van der Waals surface area contributed by atoms with Gasteiger partial charge in [0.1, 0.15) is 5.75 Å². The average molecular weight is 463 g/mol. The lowest BCUT2D eigenvalue weighted by Crippen LogP contribution is -2.39. The van der Waals surface area contributed by atoms with Gasteiger partial charge in [0.25, 0.3) is 0 Å². The Hall–Kier alpha value is -2.80. The summed E-state index contributed by atoms with van der Waals surface area (Å²) in [5, 5.41) is 13.0. The maximum Gasteiger partial charge on any atom is 0.230 e. The highest BCUT2D eigenvalue weighted by Crippen LogP contribution is 2.44. The SMILES string of the molecule is CCOc1ccc(-n2c(SCC(=O)NC(C3CC3)C3CC3)nnc2-c2cccc(C)c2)cc1. The molecule has 0 radical (unpaired) electrons. The number of thioether (sulfide) groups is 1. The van der Waals surface area contributed by atoms with Crippen molar-refractivity contribution in [3.8, 4) is 22.8 Å². The fourth-order valence-electron chi connectivity index (χ4n) is 4.31. The summed E-state index contributed by atoms with van der Waals surface area (Å²) in [5.41, 5.74) is 3.10. The van der Waals surface area contributed by atoms with E-state index in [0.29, 0.717) is 35.4 Å². The topological polar surface area (TPSA) is 69.0 Å². The first-order chi connectivity index (χ1) is 16.1. The van der Waals surface area contributed by atoms with Gasteiger partial charge >= 0.3 is 0 Å². The van der Waals surface area contributed by atoms with Crippen LogP contribution in [0, 0.1) is 18.8 Å². The minimum Gasteiger partial charge on any atom is -0.494 e. The molecule has 2 aromatic carbocycles. The van der Waals surface area contributed by atoms with Crippen LogP contribution < -0.4 is 10.1 Å². The second-order valence-electron chi connectivity index (χ2n) is 8.99. The lowest BCUT2D eigenvalue weighted by Gasteiger charge is -2.17. The van der Waals surface area contributed by atoms with E-state index in [1.807, 2.05) is 47.9 Å². The zero-order valence-corrected chi connectivity index (χ0v) is 20.0. The molecule has 172 valence electrons. The van der Waals surface area contributed by atoms with Gasteiger partial charge in [-0.25, -0.2) is 0 Å². The second kappa shape index (κ2) is 9.59. The Labute approximate surface area is 199 Å². The first-order valence-electron chi connectivity index (χ1n) is 11.8. The van der Waals surface area contributed by atoms with Crippen molar-refractivity contribution in [3.63, 3.8) is 0 Å². The van der Waals surface area contributed by atoms with Gasteiger partial charge in [0.2, 0.25) is 5.91 Å². The molecule has 0 saturated heterocycles. The Morgan fingerprint density at radius 3 is 2.48 bits per heavy atom. The van der Waals surface area contributed by atoms with Crippen LogP contribution in [-0.2, 0) is 4.79 Å². The molecule has 2 aliphatic rings. The molecule has 5 rings (SSSR count). The molecule has 0 aliphatic heterocycles. The van der Waals surface area contributed by atoms with Crippen LogP contribution in [0.1, 0.15) is 38.2 Å². The standard InChI is InChI=1S/C26H30N4O2S/c1-3-32-22-13-11-21(12-14-22)30-25(20-6-4-5-17(2)15-20)28-29-26(30)33-16-23(31)27-24(18-7-8-18)19-9-10-19/h4-6,11-15,18-19,24H,3,7-10,16H2,1-2H3,(H,27,31). The number of nitrogens with zero attached hydrogens (tertiary/aromatic N) is 3. The van der Waals surface area contributed by atoms with E-state index in [4.69, 9.17) is 4.74 Å². The number of hydrogen-bond donors (Lipinski definition) is 1. The molecule has 0 spiro atoms. The molecule has 33 heavy (non-hydrogen) atoms. The Balaban J connectivity index is 1.38. The van der Waals surface area contributed by atoms with Crippen LogP contribution in [0.3, 0.4) is 0 Å². The summed E-state index contributed by atoms with van der Waals surface area (Å²) in [6.45, 7) is 4.66. The fourth-order valence-corrected chi connectivity index (χ4v) is 5.08. The Morgan fingerprint density at radius 2 is 1.85 bits per heavy atom. The summed E-state index contributed by atoms with van der Waals surface area (Å²) in [7, 11) is 0. The minimum atomic E-state index is 0.0853. The molecular formula is C26H30N4O2S. The average Bonchev–Trinajstić information content (AvgIpc) is 3.75. The van der Waals surface area contributed by atoms with E-state index >= 15 is 0 Å². The zero-order chi connectivity index (χ0) is 22.8. The van der Waals surface area contributed by atoms with Gasteiger partial charge in [-0.3, -0.25) is 9.36 Å². The number of aryl methyl sites for hydroxylation is 1. The van der Waals surface area contributed by atoms with Crippen molar-refractivity contribution in [1.82, 2.24) is 20.1 Å². The van der Waals surface area contributed by atoms with E-state index in [2.05, 4.69) is 34.6 Å². The number of nitrogens with one attached hydrogen (secondary N) is 1. The molecule has 7 heteroatoms. The van der Waals surface area contributed by atoms with Crippen molar-refractivity contribution in [2.75, 3.05) is 12.4 Å². The van der Waals surface area contributed by atoms with Crippen LogP contribution in [0.5, 0.6) is 5.75 Å². The summed E-state index contributed by atoms with van der Waals surface area (Å²) >= 11 is 1.44. The van der Waals surface area contributed by atoms with E-state index in [0.717, 1.165) is 28.4 Å². The molecule has 1 N–H and O–H groups in total. The van der Waals surface area contributed by atoms with Gasteiger partial charge in [-0.15, -0.1) is 10.2 Å². The molecule has 0 bridgehead atoms. The van der Waals surface area contributed by atoms with Crippen LogP contribution in [0.4, 0.5) is 0 Å². The number of rotatable bonds is 10. The lowest BCUT2D eigenvalue weighted by atomic mass is 10.1. The monoisotopic (exact) mass is 462 g/mol. The van der Waals surface area contributed by atoms with E-state index in [-0.39, 0.29) is 5.91 Å². The molecule has 0 atom stereocenters. The van der Waals surface area contributed by atoms with Gasteiger partial charge in [0.15, 0.2) is 11.0 Å². The first kappa shape index (κ1) is 22.0. The number of amides is 1. The van der Waals surface area contributed by atoms with Crippen LogP contribution in [-0.4, -0.2) is 39.1 Å². The molecule has 2 aliphatic carbocycles. The smallest absolute Gasteiger partial charge is 0.230 e. The number of aromatic nitrogens is 3. The van der Waals surface area contributed by atoms with Crippen molar-refractivity contribution in [2.45, 2.75) is 50.7 Å². The second-order valence-corrected chi connectivity index (χ2v) is 9.94. The maximum atomic E-state index is 12.8. The van der Waals surface area contributed by atoms with Gasteiger partial charge < -0.3 is 10.1 Å². The summed E-state index contributed by atoms with van der Waals surface area (Å²) in [5.74, 6) is 3.38. The normalized spacial score (nSPS) is 15.6. The number of carbonyl (C=O) groups is 1. The highest BCUT2D eigenvalue weighted by Gasteiger charge is 2.42. The summed E-state index contributed by atoms with van der Waals surface area (Å²) in [6.07, 6.45) is 5.00. The van der Waals surface area contributed by atoms with Crippen molar-refractivity contribution in [1.29, 1.82) is 0 Å². The van der Waals surface area contributed by atoms with Gasteiger partial charge in [0, 0.05) is 17.3 Å². The predicted molar refractivity (Wildman–Crippen MR) is 131 cm³/mol. The molecule has 6 nitrogen and oxygen atoms in total. The van der Waals surface area contributed by atoms with Gasteiger partial charge in [-0.05, 0) is 81.7 Å². The van der Waals surface area contributed by atoms with Crippen molar-refractivity contribution in [3.05, 3.63) is 54.1 Å². The Kier molecular flexibility index (Phi) is 6.40. The number of benzene rings is 2. The lowest BCUT2D eigenvalue weighted by molar-refractivity contribution is -0.119. The van der Waals surface area contributed by atoms with Gasteiger partial charge in [-0.2, -0.15) is 0 Å². The molecule has 1 heterocycles. The zero-order valence-electron chi connectivity index (χ0n) is 19.2. The summed E-state index contributed by atoms with van der Waals surface area (Å²) in [4.78, 5) is 12.8. The summed E-state index contributed by atoms with van der Waals surface area (Å²) < 4.78 is 7.63. The quantitative estimate of drug-likeness (QED) is 0.428. The Morgan fingerprint density at radius 1 is 1.12 bits per heavy atom. The minimum absolute atomic E-state index is 0.0853. The third-order valence-electron chi connectivity index (χ3n) is 6.24. The highest BCUT2D eigenvalue weighted by molar-refractivity contribution is 7.99. The van der Waals surface area contributed by atoms with Crippen LogP contribution in [0.2, 0.25) is 0 Å². The summed E-state index contributed by atoms with van der Waals surface area (Å²) in [6, 6.07) is 16.5. The molecule has 2 fully saturated rings. The largest absolute Gasteiger partial charge is 0.494 e. The van der Waals surface area contributed by atoms with E-state index < -0.39 is 0 Å². The number of carbonyl (C=O) groups excluding carboxylic acids is 1. The fraction of sp³-hybridized carbons (Fsp3) is 0.423. The molecule has 2 saturated carbocycles. The molecule has 0 unspecified atom stereocenters. The number of ether oxygens (including phenoxy) is 1. The van der Waals surface area contributed by atoms with E-state index in [9.17, 15) is 4.79 Å². The molecule has 3 aromatic rings. The van der Waals surface area contributed by atoms with Crippen LogP contribution in [0.25, 0.3) is 17.1 Å². The Bertz CT molecular complexity index is 1110.